The number of ether oxygens (including phenoxy) is 3. The third kappa shape index (κ3) is 3.72. The van der Waals surface area contributed by atoms with Crippen LogP contribution >= 0.6 is 0 Å². The molecule has 1 amide bonds. The van der Waals surface area contributed by atoms with Crippen LogP contribution in [0.4, 0.5) is 4.79 Å². The third-order valence-corrected chi connectivity index (χ3v) is 5.64. The van der Waals surface area contributed by atoms with Gasteiger partial charge in [0.05, 0.1) is 13.2 Å². The molecule has 24 heavy (non-hydrogen) atoms. The minimum absolute atomic E-state index is 0.114. The van der Waals surface area contributed by atoms with E-state index in [0.717, 1.165) is 38.9 Å². The first-order valence-corrected chi connectivity index (χ1v) is 9.22. The molecular weight excluding hydrogens is 306 g/mol. The Labute approximate surface area is 146 Å². The molecule has 1 heterocycles. The molecule has 1 saturated heterocycles. The summed E-state index contributed by atoms with van der Waals surface area (Å²) in [5, 5.41) is 0. The number of nitrogens with zero attached hydrogens (tertiary/aromatic N) is 1. The van der Waals surface area contributed by atoms with Crippen LogP contribution in [0.15, 0.2) is 0 Å². The van der Waals surface area contributed by atoms with E-state index in [4.69, 9.17) is 14.2 Å². The summed E-state index contributed by atoms with van der Waals surface area (Å²) >= 11 is 0. The summed E-state index contributed by atoms with van der Waals surface area (Å²) in [5.74, 6) is 0.808. The lowest BCUT2D eigenvalue weighted by atomic mass is 9.94. The van der Waals surface area contributed by atoms with E-state index in [1.54, 1.807) is 4.90 Å². The van der Waals surface area contributed by atoms with Gasteiger partial charge in [0.15, 0.2) is 5.79 Å². The molecule has 2 aliphatic carbocycles. The Morgan fingerprint density at radius 3 is 2.04 bits per heavy atom. The lowest BCUT2D eigenvalue weighted by Gasteiger charge is -2.42. The molecule has 3 atom stereocenters. The predicted molar refractivity (Wildman–Crippen MR) is 91.6 cm³/mol. The Hall–Kier alpha value is -0.810. The lowest BCUT2D eigenvalue weighted by molar-refractivity contribution is -0.297. The van der Waals surface area contributed by atoms with Crippen molar-refractivity contribution < 1.29 is 19.0 Å². The van der Waals surface area contributed by atoms with Crippen molar-refractivity contribution in [1.29, 1.82) is 0 Å². The van der Waals surface area contributed by atoms with Crippen molar-refractivity contribution in [2.75, 3.05) is 20.3 Å². The zero-order valence-corrected chi connectivity index (χ0v) is 16.1. The lowest BCUT2D eigenvalue weighted by Crippen LogP contribution is -2.47. The largest absolute Gasteiger partial charge is 0.444 e. The van der Waals surface area contributed by atoms with E-state index in [-0.39, 0.29) is 23.3 Å². The van der Waals surface area contributed by atoms with Crippen LogP contribution in [0.2, 0.25) is 0 Å². The number of hydrogen-bond donors (Lipinski definition) is 0. The number of hydrogen-bond acceptors (Lipinski definition) is 4. The molecule has 0 aromatic heterocycles. The van der Waals surface area contributed by atoms with Crippen molar-refractivity contribution in [1.82, 2.24) is 4.90 Å². The summed E-state index contributed by atoms with van der Waals surface area (Å²) < 4.78 is 17.8. The Morgan fingerprint density at radius 2 is 1.58 bits per heavy atom. The number of carbonyl (C=O) groups excluding carboxylic acids is 1. The second-order valence-electron chi connectivity index (χ2n) is 9.80. The molecule has 3 aliphatic rings. The van der Waals surface area contributed by atoms with Gasteiger partial charge in [0.25, 0.3) is 0 Å². The highest BCUT2D eigenvalue weighted by Gasteiger charge is 2.54. The molecule has 0 N–H and O–H groups in total. The fourth-order valence-electron chi connectivity index (χ4n) is 4.33. The molecular formula is C19H33NO4. The van der Waals surface area contributed by atoms with Crippen LogP contribution in [0.3, 0.4) is 0 Å². The quantitative estimate of drug-likeness (QED) is 0.729. The van der Waals surface area contributed by atoms with Gasteiger partial charge in [-0.15, -0.1) is 0 Å². The summed E-state index contributed by atoms with van der Waals surface area (Å²) in [6.07, 6.45) is 3.77. The standard InChI is InChI=1S/C19H33NO4/c1-17(2,3)24-16(21)20(6)15-7-13-9-19(10-14(13)8-15)22-11-18(4,5)12-23-19/h13-15H,7-12H2,1-6H3/t13-,14+,15+. The molecule has 1 aliphatic heterocycles. The fraction of sp³-hybridized carbons (Fsp3) is 0.947. The van der Waals surface area contributed by atoms with Crippen molar-refractivity contribution in [3.05, 3.63) is 0 Å². The second kappa shape index (κ2) is 5.87. The maximum atomic E-state index is 12.3. The van der Waals surface area contributed by atoms with E-state index in [9.17, 15) is 4.79 Å². The number of rotatable bonds is 1. The average Bonchev–Trinajstić information content (AvgIpc) is 2.96. The van der Waals surface area contributed by atoms with Crippen LogP contribution in [-0.4, -0.2) is 48.7 Å². The van der Waals surface area contributed by atoms with Gasteiger partial charge < -0.3 is 19.1 Å². The minimum Gasteiger partial charge on any atom is -0.444 e. The Bertz CT molecular complexity index is 470. The first-order chi connectivity index (χ1) is 11.0. The van der Waals surface area contributed by atoms with Crippen LogP contribution in [0.25, 0.3) is 0 Å². The molecule has 5 heteroatoms. The monoisotopic (exact) mass is 339 g/mol. The van der Waals surface area contributed by atoms with Crippen LogP contribution in [0, 0.1) is 17.3 Å². The molecule has 3 fully saturated rings. The molecule has 0 bridgehead atoms. The number of carbonyl (C=O) groups is 1. The van der Waals surface area contributed by atoms with Gasteiger partial charge in [0, 0.05) is 31.3 Å². The van der Waals surface area contributed by atoms with Crippen LogP contribution in [-0.2, 0) is 14.2 Å². The van der Waals surface area contributed by atoms with Gasteiger partial charge in [-0.2, -0.15) is 0 Å². The van der Waals surface area contributed by atoms with Gasteiger partial charge in [-0.1, -0.05) is 13.8 Å². The van der Waals surface area contributed by atoms with Gasteiger partial charge in [0.2, 0.25) is 0 Å². The predicted octanol–water partition coefficient (Wildman–Crippen LogP) is 3.81. The van der Waals surface area contributed by atoms with E-state index in [0.29, 0.717) is 11.8 Å². The van der Waals surface area contributed by atoms with Crippen LogP contribution in [0.5, 0.6) is 0 Å². The van der Waals surface area contributed by atoms with Gasteiger partial charge >= 0.3 is 6.09 Å². The summed E-state index contributed by atoms with van der Waals surface area (Å²) in [7, 11) is 1.87. The van der Waals surface area contributed by atoms with E-state index in [1.165, 1.54) is 0 Å². The zero-order valence-electron chi connectivity index (χ0n) is 16.1. The Morgan fingerprint density at radius 1 is 1.08 bits per heavy atom. The van der Waals surface area contributed by atoms with Crippen molar-refractivity contribution in [2.24, 2.45) is 17.3 Å². The Balaban J connectivity index is 1.55. The summed E-state index contributed by atoms with van der Waals surface area (Å²) in [6, 6.07) is 0.271. The molecule has 3 rings (SSSR count). The molecule has 0 aromatic carbocycles. The zero-order chi connectivity index (χ0) is 17.8. The van der Waals surface area contributed by atoms with E-state index in [2.05, 4.69) is 13.8 Å². The van der Waals surface area contributed by atoms with Crippen molar-refractivity contribution >= 4 is 6.09 Å². The molecule has 0 aromatic rings. The molecule has 0 unspecified atom stereocenters. The van der Waals surface area contributed by atoms with Gasteiger partial charge in [-0.05, 0) is 45.4 Å². The first-order valence-electron chi connectivity index (χ1n) is 9.22. The summed E-state index contributed by atoms with van der Waals surface area (Å²) in [5.41, 5.74) is -0.330. The van der Waals surface area contributed by atoms with Crippen molar-refractivity contribution in [3.63, 3.8) is 0 Å². The molecule has 1 spiro atoms. The van der Waals surface area contributed by atoms with E-state index >= 15 is 0 Å². The van der Waals surface area contributed by atoms with E-state index < -0.39 is 5.60 Å². The van der Waals surface area contributed by atoms with Crippen LogP contribution in [0.1, 0.15) is 60.3 Å². The highest BCUT2D eigenvalue weighted by atomic mass is 16.7. The highest BCUT2D eigenvalue weighted by Crippen LogP contribution is 2.53. The van der Waals surface area contributed by atoms with Crippen molar-refractivity contribution in [3.8, 4) is 0 Å². The van der Waals surface area contributed by atoms with E-state index in [1.807, 2.05) is 27.8 Å². The van der Waals surface area contributed by atoms with Gasteiger partial charge in [-0.25, -0.2) is 4.79 Å². The highest BCUT2D eigenvalue weighted by molar-refractivity contribution is 5.68. The molecule has 0 radical (unpaired) electrons. The summed E-state index contributed by atoms with van der Waals surface area (Å²) in [4.78, 5) is 14.1. The maximum Gasteiger partial charge on any atom is 0.410 e. The average molecular weight is 339 g/mol. The second-order valence-corrected chi connectivity index (χ2v) is 9.80. The fourth-order valence-corrected chi connectivity index (χ4v) is 4.33. The molecule has 2 saturated carbocycles. The number of fused-ring (bicyclic) bond motifs is 1. The smallest absolute Gasteiger partial charge is 0.410 e. The summed E-state index contributed by atoms with van der Waals surface area (Å²) in [6.45, 7) is 11.6. The SMILES string of the molecule is CN(C(=O)OC(C)(C)C)[C@H]1C[C@@H]2CC3(C[C@@H]2C1)OCC(C)(C)CO3. The Kier molecular flexibility index (Phi) is 4.40. The maximum absolute atomic E-state index is 12.3. The van der Waals surface area contributed by atoms with Gasteiger partial charge in [-0.3, -0.25) is 0 Å². The topological polar surface area (TPSA) is 48.0 Å². The first kappa shape index (κ1) is 18.0. The molecule has 5 nitrogen and oxygen atoms in total. The van der Waals surface area contributed by atoms with Crippen LogP contribution < -0.4 is 0 Å². The normalized spacial score (nSPS) is 34.2. The minimum atomic E-state index is -0.444. The third-order valence-electron chi connectivity index (χ3n) is 5.64. The number of amides is 1. The molecule has 138 valence electrons. The van der Waals surface area contributed by atoms with Crippen molar-refractivity contribution in [2.45, 2.75) is 77.7 Å². The van der Waals surface area contributed by atoms with Gasteiger partial charge in [0.1, 0.15) is 5.60 Å².